The summed E-state index contributed by atoms with van der Waals surface area (Å²) in [4.78, 5) is 14.1. The van der Waals surface area contributed by atoms with Crippen molar-refractivity contribution in [1.29, 1.82) is 0 Å². The van der Waals surface area contributed by atoms with Gasteiger partial charge >= 0.3 is 0 Å². The highest BCUT2D eigenvalue weighted by molar-refractivity contribution is 5.84. The first-order chi connectivity index (χ1) is 8.70. The fourth-order valence-electron chi connectivity index (χ4n) is 3.12. The second kappa shape index (κ2) is 6.07. The zero-order valence-electron chi connectivity index (χ0n) is 10.8. The molecule has 0 aromatic heterocycles. The Hall–Kier alpha value is -1.26. The third-order valence-corrected chi connectivity index (χ3v) is 4.25. The maximum absolute atomic E-state index is 12.2. The molecule has 1 saturated carbocycles. The van der Waals surface area contributed by atoms with Gasteiger partial charge in [0.2, 0.25) is 5.91 Å². The fraction of sp³-hybridized carbons (Fsp3) is 0.846. The molecular formula is C13H23N3O2. The van der Waals surface area contributed by atoms with Gasteiger partial charge in [-0.15, -0.1) is 0 Å². The Bertz CT molecular complexity index is 324. The molecule has 0 bridgehead atoms. The maximum atomic E-state index is 12.2. The standard InChI is InChI=1S/C13H23N3O2/c14-13(15-18)11-6-3-7-16(9-11)12(17)8-10-4-1-2-5-10/h10-11,18H,1-9H2,(H2,14,15). The third-order valence-electron chi connectivity index (χ3n) is 4.25. The van der Waals surface area contributed by atoms with Crippen LogP contribution in [-0.2, 0) is 4.79 Å². The first-order valence-corrected chi connectivity index (χ1v) is 6.96. The minimum atomic E-state index is 0.0243. The van der Waals surface area contributed by atoms with Crippen LogP contribution in [0.15, 0.2) is 5.16 Å². The second-order valence-corrected chi connectivity index (χ2v) is 5.56. The van der Waals surface area contributed by atoms with Crippen molar-refractivity contribution in [2.24, 2.45) is 22.7 Å². The van der Waals surface area contributed by atoms with Crippen LogP contribution in [0.1, 0.15) is 44.9 Å². The summed E-state index contributed by atoms with van der Waals surface area (Å²) >= 11 is 0. The van der Waals surface area contributed by atoms with Gasteiger partial charge in [-0.1, -0.05) is 18.0 Å². The second-order valence-electron chi connectivity index (χ2n) is 5.56. The summed E-state index contributed by atoms with van der Waals surface area (Å²) in [6.07, 6.45) is 7.46. The molecule has 1 saturated heterocycles. The lowest BCUT2D eigenvalue weighted by molar-refractivity contribution is -0.133. The number of nitrogens with two attached hydrogens (primary N) is 1. The number of hydrogen-bond donors (Lipinski definition) is 2. The number of likely N-dealkylation sites (tertiary alicyclic amines) is 1. The number of nitrogens with zero attached hydrogens (tertiary/aromatic N) is 2. The number of piperidine rings is 1. The SMILES string of the molecule is NC(=NO)C1CCCN(C(=O)CC2CCCC2)C1. The van der Waals surface area contributed by atoms with Gasteiger partial charge in [0, 0.05) is 25.4 Å². The van der Waals surface area contributed by atoms with Crippen LogP contribution < -0.4 is 5.73 Å². The van der Waals surface area contributed by atoms with Crippen molar-refractivity contribution in [3.8, 4) is 0 Å². The van der Waals surface area contributed by atoms with Gasteiger partial charge in [-0.2, -0.15) is 0 Å². The Balaban J connectivity index is 1.85. The Labute approximate surface area is 108 Å². The summed E-state index contributed by atoms with van der Waals surface area (Å²) < 4.78 is 0. The van der Waals surface area contributed by atoms with Crippen molar-refractivity contribution in [2.45, 2.75) is 44.9 Å². The van der Waals surface area contributed by atoms with Crippen molar-refractivity contribution in [3.05, 3.63) is 0 Å². The first-order valence-electron chi connectivity index (χ1n) is 6.96. The predicted octanol–water partition coefficient (Wildman–Crippen LogP) is 1.55. The van der Waals surface area contributed by atoms with E-state index in [2.05, 4.69) is 5.16 Å². The average molecular weight is 253 g/mol. The molecule has 5 nitrogen and oxygen atoms in total. The fourth-order valence-corrected chi connectivity index (χ4v) is 3.12. The topological polar surface area (TPSA) is 78.9 Å². The van der Waals surface area contributed by atoms with E-state index in [9.17, 15) is 4.79 Å². The van der Waals surface area contributed by atoms with Crippen molar-refractivity contribution in [3.63, 3.8) is 0 Å². The van der Waals surface area contributed by atoms with Crippen LogP contribution >= 0.6 is 0 Å². The molecule has 2 aliphatic rings. The van der Waals surface area contributed by atoms with Gasteiger partial charge in [0.25, 0.3) is 0 Å². The molecule has 3 N–H and O–H groups in total. The van der Waals surface area contributed by atoms with Crippen LogP contribution in [0.5, 0.6) is 0 Å². The van der Waals surface area contributed by atoms with Crippen LogP contribution in [-0.4, -0.2) is 34.9 Å². The molecule has 1 aliphatic carbocycles. The quantitative estimate of drug-likeness (QED) is 0.346. The lowest BCUT2D eigenvalue weighted by atomic mass is 9.95. The van der Waals surface area contributed by atoms with Crippen molar-refractivity contribution >= 4 is 11.7 Å². The molecule has 1 amide bonds. The molecule has 0 spiro atoms. The van der Waals surface area contributed by atoms with Gasteiger partial charge in [-0.05, 0) is 31.6 Å². The Morgan fingerprint density at radius 1 is 1.28 bits per heavy atom. The minimum absolute atomic E-state index is 0.0243. The molecule has 1 unspecified atom stereocenters. The number of rotatable bonds is 3. The van der Waals surface area contributed by atoms with E-state index in [1.54, 1.807) is 0 Å². The van der Waals surface area contributed by atoms with Crippen LogP contribution in [0.25, 0.3) is 0 Å². The van der Waals surface area contributed by atoms with E-state index in [1.807, 2.05) is 4.90 Å². The largest absolute Gasteiger partial charge is 0.409 e. The molecule has 1 aliphatic heterocycles. The number of carbonyl (C=O) groups is 1. The van der Waals surface area contributed by atoms with Crippen LogP contribution in [0.3, 0.4) is 0 Å². The molecule has 1 heterocycles. The molecule has 0 aromatic carbocycles. The van der Waals surface area contributed by atoms with Gasteiger partial charge in [-0.25, -0.2) is 0 Å². The van der Waals surface area contributed by atoms with E-state index in [-0.39, 0.29) is 17.7 Å². The minimum Gasteiger partial charge on any atom is -0.409 e. The molecule has 2 rings (SSSR count). The number of amides is 1. The lowest BCUT2D eigenvalue weighted by Crippen LogP contribution is -2.44. The maximum Gasteiger partial charge on any atom is 0.222 e. The van der Waals surface area contributed by atoms with Gasteiger partial charge in [0.15, 0.2) is 0 Å². The van der Waals surface area contributed by atoms with E-state index in [1.165, 1.54) is 25.7 Å². The summed E-state index contributed by atoms with van der Waals surface area (Å²) in [5.41, 5.74) is 5.64. The number of oxime groups is 1. The van der Waals surface area contributed by atoms with Crippen molar-refractivity contribution < 1.29 is 10.0 Å². The summed E-state index contributed by atoms with van der Waals surface area (Å²) in [5.74, 6) is 1.11. The molecule has 2 fully saturated rings. The van der Waals surface area contributed by atoms with E-state index in [0.29, 0.717) is 18.9 Å². The predicted molar refractivity (Wildman–Crippen MR) is 69.3 cm³/mol. The highest BCUT2D eigenvalue weighted by Crippen LogP contribution is 2.28. The molecule has 1 atom stereocenters. The van der Waals surface area contributed by atoms with Gasteiger partial charge in [-0.3, -0.25) is 4.79 Å². The zero-order valence-corrected chi connectivity index (χ0v) is 10.8. The molecule has 0 radical (unpaired) electrons. The van der Waals surface area contributed by atoms with E-state index < -0.39 is 0 Å². The van der Waals surface area contributed by atoms with Crippen LogP contribution in [0, 0.1) is 11.8 Å². The number of amidine groups is 1. The smallest absolute Gasteiger partial charge is 0.222 e. The van der Waals surface area contributed by atoms with E-state index in [0.717, 1.165) is 19.4 Å². The normalized spacial score (nSPS) is 26.6. The molecule has 102 valence electrons. The number of carbonyl (C=O) groups excluding carboxylic acids is 1. The molecule has 5 heteroatoms. The van der Waals surface area contributed by atoms with Crippen LogP contribution in [0.2, 0.25) is 0 Å². The first kappa shape index (κ1) is 13.2. The third kappa shape index (κ3) is 3.15. The molecule has 18 heavy (non-hydrogen) atoms. The lowest BCUT2D eigenvalue weighted by Gasteiger charge is -2.32. The Kier molecular flexibility index (Phi) is 4.44. The van der Waals surface area contributed by atoms with Crippen molar-refractivity contribution in [1.82, 2.24) is 4.90 Å². The Morgan fingerprint density at radius 2 is 2.00 bits per heavy atom. The summed E-state index contributed by atoms with van der Waals surface area (Å²) in [7, 11) is 0. The Morgan fingerprint density at radius 3 is 2.67 bits per heavy atom. The van der Waals surface area contributed by atoms with E-state index in [4.69, 9.17) is 10.9 Å². The summed E-state index contributed by atoms with van der Waals surface area (Å²) in [6.45, 7) is 1.43. The van der Waals surface area contributed by atoms with Gasteiger partial charge in [0.1, 0.15) is 5.84 Å². The van der Waals surface area contributed by atoms with Gasteiger partial charge < -0.3 is 15.8 Å². The monoisotopic (exact) mass is 253 g/mol. The molecular weight excluding hydrogens is 230 g/mol. The summed E-state index contributed by atoms with van der Waals surface area (Å²) in [6, 6.07) is 0. The number of hydrogen-bond acceptors (Lipinski definition) is 3. The highest BCUT2D eigenvalue weighted by atomic mass is 16.4. The van der Waals surface area contributed by atoms with Gasteiger partial charge in [0.05, 0.1) is 0 Å². The summed E-state index contributed by atoms with van der Waals surface area (Å²) in [5, 5.41) is 11.8. The van der Waals surface area contributed by atoms with Crippen LogP contribution in [0.4, 0.5) is 0 Å². The highest BCUT2D eigenvalue weighted by Gasteiger charge is 2.28. The van der Waals surface area contributed by atoms with E-state index >= 15 is 0 Å². The zero-order chi connectivity index (χ0) is 13.0. The average Bonchev–Trinajstić information content (AvgIpc) is 2.90. The van der Waals surface area contributed by atoms with Crippen molar-refractivity contribution in [2.75, 3.05) is 13.1 Å². The molecule has 0 aromatic rings.